The second-order valence-electron chi connectivity index (χ2n) is 7.30. The van der Waals surface area contributed by atoms with E-state index in [2.05, 4.69) is 25.5 Å². The molecule has 2 aromatic heterocycles. The van der Waals surface area contributed by atoms with Gasteiger partial charge < -0.3 is 15.0 Å². The summed E-state index contributed by atoms with van der Waals surface area (Å²) in [4.78, 5) is 14.9. The molecule has 1 fully saturated rings. The summed E-state index contributed by atoms with van der Waals surface area (Å²) in [5, 5.41) is 16.0. The summed E-state index contributed by atoms with van der Waals surface area (Å²) in [5.74, 6) is 1.28. The van der Waals surface area contributed by atoms with E-state index in [4.69, 9.17) is 16.3 Å². The number of aromatic nitrogens is 4. The number of rotatable bonds is 5. The Bertz CT molecular complexity index is 988. The van der Waals surface area contributed by atoms with Crippen molar-refractivity contribution < 1.29 is 9.53 Å². The van der Waals surface area contributed by atoms with Gasteiger partial charge in [-0.05, 0) is 56.7 Å². The van der Waals surface area contributed by atoms with Crippen LogP contribution in [-0.4, -0.2) is 50.5 Å². The van der Waals surface area contributed by atoms with Gasteiger partial charge >= 0.3 is 0 Å². The molecule has 1 N–H and O–H groups in total. The van der Waals surface area contributed by atoms with E-state index in [9.17, 15) is 4.79 Å². The summed E-state index contributed by atoms with van der Waals surface area (Å²) < 4.78 is 7.51. The lowest BCUT2D eigenvalue weighted by Gasteiger charge is -2.27. The Hall–Kier alpha value is -2.87. The van der Waals surface area contributed by atoms with Gasteiger partial charge in [-0.3, -0.25) is 4.79 Å². The summed E-state index contributed by atoms with van der Waals surface area (Å²) in [6, 6.07) is 10.8. The van der Waals surface area contributed by atoms with Gasteiger partial charge in [0.2, 0.25) is 0 Å². The highest BCUT2D eigenvalue weighted by molar-refractivity contribution is 6.30. The normalized spacial score (nSPS) is 17.1. The molecule has 1 aromatic carbocycles. The number of carbonyl (C=O) groups is 1. The first-order chi connectivity index (χ1) is 13.4. The van der Waals surface area contributed by atoms with Gasteiger partial charge in [0, 0.05) is 24.2 Å². The van der Waals surface area contributed by atoms with E-state index < -0.39 is 5.60 Å². The molecule has 1 saturated heterocycles. The number of nitrogens with zero attached hydrogens (tertiary/aromatic N) is 5. The highest BCUT2D eigenvalue weighted by Gasteiger charge is 2.34. The third-order valence-corrected chi connectivity index (χ3v) is 4.98. The van der Waals surface area contributed by atoms with Crippen molar-refractivity contribution in [2.24, 2.45) is 0 Å². The first-order valence-corrected chi connectivity index (χ1v) is 9.46. The topological polar surface area (TPSA) is 84.6 Å². The van der Waals surface area contributed by atoms with Crippen LogP contribution in [0.5, 0.6) is 5.75 Å². The van der Waals surface area contributed by atoms with Crippen LogP contribution in [0.1, 0.15) is 20.3 Å². The van der Waals surface area contributed by atoms with Crippen molar-refractivity contribution in [1.29, 1.82) is 0 Å². The van der Waals surface area contributed by atoms with E-state index in [1.807, 2.05) is 12.1 Å². The van der Waals surface area contributed by atoms with Crippen LogP contribution in [0.2, 0.25) is 5.02 Å². The average molecular weight is 401 g/mol. The summed E-state index contributed by atoms with van der Waals surface area (Å²) in [6.45, 7) is 5.00. The predicted molar refractivity (Wildman–Crippen MR) is 106 cm³/mol. The minimum Gasteiger partial charge on any atom is -0.478 e. The van der Waals surface area contributed by atoms with Crippen LogP contribution in [0.4, 0.5) is 5.82 Å². The number of hydrogen-bond donors (Lipinski definition) is 1. The number of amides is 1. The van der Waals surface area contributed by atoms with Crippen LogP contribution in [0, 0.1) is 0 Å². The molecule has 1 aliphatic rings. The Morgan fingerprint density at radius 2 is 2.04 bits per heavy atom. The Kier molecular flexibility index (Phi) is 4.80. The SMILES string of the molecule is CC(C)(Oc1ccc(Cl)cc1)C(=O)N[C@@H]1CCN(c2ccc3nncn3n2)C1. The molecule has 0 unspecified atom stereocenters. The van der Waals surface area contributed by atoms with Crippen molar-refractivity contribution in [3.63, 3.8) is 0 Å². The molecule has 0 radical (unpaired) electrons. The summed E-state index contributed by atoms with van der Waals surface area (Å²) in [6.07, 6.45) is 2.41. The second-order valence-corrected chi connectivity index (χ2v) is 7.73. The molecule has 0 spiro atoms. The van der Waals surface area contributed by atoms with E-state index in [1.165, 1.54) is 0 Å². The van der Waals surface area contributed by atoms with E-state index in [-0.39, 0.29) is 11.9 Å². The number of halogens is 1. The number of nitrogens with one attached hydrogen (secondary N) is 1. The average Bonchev–Trinajstić information content (AvgIpc) is 3.32. The van der Waals surface area contributed by atoms with Gasteiger partial charge in [0.1, 0.15) is 17.9 Å². The third-order valence-electron chi connectivity index (χ3n) is 4.73. The van der Waals surface area contributed by atoms with Gasteiger partial charge in [0.15, 0.2) is 11.2 Å². The van der Waals surface area contributed by atoms with Crippen LogP contribution in [-0.2, 0) is 4.79 Å². The summed E-state index contributed by atoms with van der Waals surface area (Å²) >= 11 is 5.90. The molecule has 146 valence electrons. The molecule has 1 atom stereocenters. The van der Waals surface area contributed by atoms with Crippen LogP contribution < -0.4 is 15.0 Å². The highest BCUT2D eigenvalue weighted by Crippen LogP contribution is 2.22. The molecule has 3 heterocycles. The first-order valence-electron chi connectivity index (χ1n) is 9.08. The molecular formula is C19H21ClN6O2. The molecule has 0 aliphatic carbocycles. The van der Waals surface area contributed by atoms with Crippen molar-refractivity contribution >= 4 is 29.0 Å². The second kappa shape index (κ2) is 7.27. The zero-order valence-electron chi connectivity index (χ0n) is 15.7. The minimum atomic E-state index is -0.999. The van der Waals surface area contributed by atoms with Gasteiger partial charge in [-0.15, -0.1) is 15.3 Å². The first kappa shape index (κ1) is 18.5. The number of fused-ring (bicyclic) bond motifs is 1. The molecular weight excluding hydrogens is 380 g/mol. The standard InChI is InChI=1S/C19H21ClN6O2/c1-19(2,28-15-5-3-13(20)4-6-15)18(27)22-14-9-10-25(11-14)17-8-7-16-23-21-12-26(16)24-17/h3-8,12,14H,9-11H2,1-2H3,(H,22,27)/t14-/m1/s1. The Labute approximate surface area is 167 Å². The zero-order valence-corrected chi connectivity index (χ0v) is 16.4. The van der Waals surface area contributed by atoms with E-state index in [0.717, 1.165) is 18.8 Å². The van der Waals surface area contributed by atoms with E-state index in [0.29, 0.717) is 23.0 Å². The molecule has 8 nitrogen and oxygen atoms in total. The molecule has 0 bridgehead atoms. The summed E-state index contributed by atoms with van der Waals surface area (Å²) in [7, 11) is 0. The monoisotopic (exact) mass is 400 g/mol. The van der Waals surface area contributed by atoms with E-state index >= 15 is 0 Å². The number of benzene rings is 1. The van der Waals surface area contributed by atoms with Crippen LogP contribution in [0.25, 0.3) is 5.65 Å². The number of ether oxygens (including phenoxy) is 1. The number of carbonyl (C=O) groups excluding carboxylic acids is 1. The molecule has 28 heavy (non-hydrogen) atoms. The van der Waals surface area contributed by atoms with Crippen molar-refractivity contribution in [2.75, 3.05) is 18.0 Å². The molecule has 1 aliphatic heterocycles. The Morgan fingerprint density at radius 3 is 2.82 bits per heavy atom. The largest absolute Gasteiger partial charge is 0.478 e. The van der Waals surface area contributed by atoms with E-state index in [1.54, 1.807) is 49.0 Å². The smallest absolute Gasteiger partial charge is 0.263 e. The molecule has 1 amide bonds. The zero-order chi connectivity index (χ0) is 19.7. The fraction of sp³-hybridized carbons (Fsp3) is 0.368. The van der Waals surface area contributed by atoms with Crippen molar-refractivity contribution in [1.82, 2.24) is 25.1 Å². The third kappa shape index (κ3) is 3.87. The fourth-order valence-corrected chi connectivity index (χ4v) is 3.30. The maximum Gasteiger partial charge on any atom is 0.263 e. The predicted octanol–water partition coefficient (Wildman–Crippen LogP) is 2.33. The lowest BCUT2D eigenvalue weighted by Crippen LogP contribution is -2.50. The lowest BCUT2D eigenvalue weighted by molar-refractivity contribution is -0.134. The van der Waals surface area contributed by atoms with Gasteiger partial charge in [-0.25, -0.2) is 0 Å². The Morgan fingerprint density at radius 1 is 1.25 bits per heavy atom. The van der Waals surface area contributed by atoms with Gasteiger partial charge in [-0.1, -0.05) is 11.6 Å². The van der Waals surface area contributed by atoms with Crippen LogP contribution in [0.3, 0.4) is 0 Å². The van der Waals surface area contributed by atoms with Crippen LogP contribution >= 0.6 is 11.6 Å². The molecule has 4 rings (SSSR count). The van der Waals surface area contributed by atoms with Crippen LogP contribution in [0.15, 0.2) is 42.7 Å². The molecule has 3 aromatic rings. The number of hydrogen-bond acceptors (Lipinski definition) is 6. The highest BCUT2D eigenvalue weighted by atomic mass is 35.5. The fourth-order valence-electron chi connectivity index (χ4n) is 3.18. The lowest BCUT2D eigenvalue weighted by atomic mass is 10.1. The number of anilines is 1. The molecule has 0 saturated carbocycles. The Balaban J connectivity index is 1.37. The minimum absolute atomic E-state index is 0.0269. The van der Waals surface area contributed by atoms with Crippen molar-refractivity contribution in [3.8, 4) is 5.75 Å². The van der Waals surface area contributed by atoms with Gasteiger partial charge in [0.05, 0.1) is 0 Å². The quantitative estimate of drug-likeness (QED) is 0.707. The maximum atomic E-state index is 12.8. The van der Waals surface area contributed by atoms with Gasteiger partial charge in [-0.2, -0.15) is 4.52 Å². The summed E-state index contributed by atoms with van der Waals surface area (Å²) in [5.41, 5.74) is -0.296. The van der Waals surface area contributed by atoms with Crippen molar-refractivity contribution in [3.05, 3.63) is 47.7 Å². The van der Waals surface area contributed by atoms with Crippen molar-refractivity contribution in [2.45, 2.75) is 31.9 Å². The maximum absolute atomic E-state index is 12.8. The van der Waals surface area contributed by atoms with Gasteiger partial charge in [0.25, 0.3) is 5.91 Å². The molecule has 9 heteroatoms.